The van der Waals surface area contributed by atoms with Crippen molar-refractivity contribution in [2.45, 2.75) is 6.54 Å². The van der Waals surface area contributed by atoms with Crippen LogP contribution in [0.5, 0.6) is 0 Å². The smallest absolute Gasteiger partial charge is 0.238 e. The Morgan fingerprint density at radius 2 is 1.71 bits per heavy atom. The van der Waals surface area contributed by atoms with Gasteiger partial charge in [0.05, 0.1) is 6.54 Å². The lowest BCUT2D eigenvalue weighted by Gasteiger charge is -2.16. The molecule has 0 aromatic heterocycles. The Morgan fingerprint density at radius 3 is 2.33 bits per heavy atom. The zero-order chi connectivity index (χ0) is 15.2. The molecular weight excluding hydrogens is 307 g/mol. The molecule has 0 aliphatic carbocycles. The average molecular weight is 323 g/mol. The van der Waals surface area contributed by atoms with Gasteiger partial charge in [-0.2, -0.15) is 0 Å². The lowest BCUT2D eigenvalue weighted by molar-refractivity contribution is -0.117. The number of halogens is 2. The molecule has 110 valence electrons. The van der Waals surface area contributed by atoms with Crippen LogP contribution in [0, 0.1) is 0 Å². The number of hydrogen-bond donors (Lipinski definition) is 1. The van der Waals surface area contributed by atoms with Gasteiger partial charge in [-0.3, -0.25) is 9.69 Å². The van der Waals surface area contributed by atoms with Crippen molar-refractivity contribution in [2.75, 3.05) is 18.9 Å². The van der Waals surface area contributed by atoms with Gasteiger partial charge in [0.15, 0.2) is 0 Å². The Kier molecular flexibility index (Phi) is 5.62. The molecule has 2 aromatic carbocycles. The number of rotatable bonds is 5. The lowest BCUT2D eigenvalue weighted by Crippen LogP contribution is -2.29. The third-order valence-electron chi connectivity index (χ3n) is 2.85. The van der Waals surface area contributed by atoms with E-state index in [1.807, 2.05) is 54.4 Å². The van der Waals surface area contributed by atoms with Crippen LogP contribution >= 0.6 is 23.2 Å². The fourth-order valence-corrected chi connectivity index (χ4v) is 2.61. The molecule has 3 nitrogen and oxygen atoms in total. The van der Waals surface area contributed by atoms with E-state index >= 15 is 0 Å². The molecule has 0 saturated heterocycles. The zero-order valence-corrected chi connectivity index (χ0v) is 13.2. The molecule has 0 bridgehead atoms. The summed E-state index contributed by atoms with van der Waals surface area (Å²) in [5.74, 6) is -0.0585. The molecule has 2 aromatic rings. The molecule has 0 spiro atoms. The number of hydrogen-bond acceptors (Lipinski definition) is 2. The fourth-order valence-electron chi connectivity index (χ4n) is 2.04. The second kappa shape index (κ2) is 7.46. The zero-order valence-electron chi connectivity index (χ0n) is 11.6. The highest BCUT2D eigenvalue weighted by molar-refractivity contribution is 6.34. The number of nitrogens with zero attached hydrogens (tertiary/aromatic N) is 1. The summed E-state index contributed by atoms with van der Waals surface area (Å²) in [5, 5.41) is 4.04. The standard InChI is InChI=1S/C16H16Cl2N2O/c1-20(10-12-7-13(17)9-14(18)8-12)11-16(21)19-15-5-3-2-4-6-15/h2-9H,10-11H2,1H3,(H,19,21). The highest BCUT2D eigenvalue weighted by atomic mass is 35.5. The van der Waals surface area contributed by atoms with E-state index < -0.39 is 0 Å². The summed E-state index contributed by atoms with van der Waals surface area (Å²) in [5.41, 5.74) is 1.77. The first-order valence-electron chi connectivity index (χ1n) is 6.51. The summed E-state index contributed by atoms with van der Waals surface area (Å²) in [6.45, 7) is 0.890. The molecule has 1 N–H and O–H groups in total. The Bertz CT molecular complexity index is 597. The SMILES string of the molecule is CN(CC(=O)Nc1ccccc1)Cc1cc(Cl)cc(Cl)c1. The predicted molar refractivity (Wildman–Crippen MR) is 87.9 cm³/mol. The molecule has 5 heteroatoms. The minimum absolute atomic E-state index is 0.0585. The molecule has 0 aliphatic heterocycles. The van der Waals surface area contributed by atoms with Gasteiger partial charge in [-0.15, -0.1) is 0 Å². The van der Waals surface area contributed by atoms with Crippen LogP contribution in [0.25, 0.3) is 0 Å². The molecule has 1 amide bonds. The van der Waals surface area contributed by atoms with E-state index in [4.69, 9.17) is 23.2 Å². The van der Waals surface area contributed by atoms with Gasteiger partial charge < -0.3 is 5.32 Å². The molecule has 0 aliphatic rings. The van der Waals surface area contributed by atoms with Gasteiger partial charge in [0.1, 0.15) is 0 Å². The quantitative estimate of drug-likeness (QED) is 0.900. The van der Waals surface area contributed by atoms with Gasteiger partial charge >= 0.3 is 0 Å². The van der Waals surface area contributed by atoms with Gasteiger partial charge in [0.2, 0.25) is 5.91 Å². The maximum Gasteiger partial charge on any atom is 0.238 e. The van der Waals surface area contributed by atoms with Gasteiger partial charge in [0.25, 0.3) is 0 Å². The number of amides is 1. The lowest BCUT2D eigenvalue weighted by atomic mass is 10.2. The number of benzene rings is 2. The van der Waals surface area contributed by atoms with Crippen molar-refractivity contribution in [3.63, 3.8) is 0 Å². The molecule has 0 fully saturated rings. The number of carbonyl (C=O) groups excluding carboxylic acids is 1. The fraction of sp³-hybridized carbons (Fsp3) is 0.188. The molecule has 0 atom stereocenters. The third-order valence-corrected chi connectivity index (χ3v) is 3.28. The average Bonchev–Trinajstić information content (AvgIpc) is 2.37. The van der Waals surface area contributed by atoms with Crippen molar-refractivity contribution in [1.29, 1.82) is 0 Å². The van der Waals surface area contributed by atoms with Crippen LogP contribution in [0.15, 0.2) is 48.5 Å². The highest BCUT2D eigenvalue weighted by Crippen LogP contribution is 2.19. The Balaban J connectivity index is 1.89. The van der Waals surface area contributed by atoms with Crippen LogP contribution in [0.1, 0.15) is 5.56 Å². The number of para-hydroxylation sites is 1. The topological polar surface area (TPSA) is 32.3 Å². The Morgan fingerprint density at radius 1 is 1.10 bits per heavy atom. The Hall–Kier alpha value is -1.55. The molecule has 2 rings (SSSR count). The molecule has 0 heterocycles. The first kappa shape index (κ1) is 15.8. The van der Waals surface area contributed by atoms with Crippen molar-refractivity contribution in [3.8, 4) is 0 Å². The molecule has 0 unspecified atom stereocenters. The van der Waals surface area contributed by atoms with Crippen LogP contribution in [0.2, 0.25) is 10.0 Å². The van der Waals surface area contributed by atoms with Crippen molar-refractivity contribution >= 4 is 34.8 Å². The summed E-state index contributed by atoms with van der Waals surface area (Å²) in [4.78, 5) is 13.8. The summed E-state index contributed by atoms with van der Waals surface area (Å²) < 4.78 is 0. The van der Waals surface area contributed by atoms with Crippen molar-refractivity contribution in [1.82, 2.24) is 4.90 Å². The number of nitrogens with one attached hydrogen (secondary N) is 1. The van der Waals surface area contributed by atoms with E-state index in [0.29, 0.717) is 23.1 Å². The summed E-state index contributed by atoms with van der Waals surface area (Å²) in [6.07, 6.45) is 0. The van der Waals surface area contributed by atoms with Gasteiger partial charge in [-0.05, 0) is 42.9 Å². The van der Waals surface area contributed by atoms with E-state index in [-0.39, 0.29) is 5.91 Å². The Labute approximate surface area is 134 Å². The van der Waals surface area contributed by atoms with Gasteiger partial charge in [-0.1, -0.05) is 41.4 Å². The highest BCUT2D eigenvalue weighted by Gasteiger charge is 2.08. The second-order valence-corrected chi connectivity index (χ2v) is 5.74. The number of likely N-dealkylation sites (N-methyl/N-ethyl adjacent to an activating group) is 1. The predicted octanol–water partition coefficient (Wildman–Crippen LogP) is 4.06. The van der Waals surface area contributed by atoms with Crippen LogP contribution in [-0.2, 0) is 11.3 Å². The summed E-state index contributed by atoms with van der Waals surface area (Å²) in [7, 11) is 1.87. The van der Waals surface area contributed by atoms with E-state index in [0.717, 1.165) is 11.3 Å². The monoisotopic (exact) mass is 322 g/mol. The maximum atomic E-state index is 11.9. The van der Waals surface area contributed by atoms with Crippen molar-refractivity contribution < 1.29 is 4.79 Å². The van der Waals surface area contributed by atoms with Crippen molar-refractivity contribution in [2.24, 2.45) is 0 Å². The van der Waals surface area contributed by atoms with E-state index in [9.17, 15) is 4.79 Å². The normalized spacial score (nSPS) is 10.7. The van der Waals surface area contributed by atoms with Crippen LogP contribution in [0.3, 0.4) is 0 Å². The summed E-state index contributed by atoms with van der Waals surface area (Å²) >= 11 is 11.9. The van der Waals surface area contributed by atoms with Crippen LogP contribution in [0.4, 0.5) is 5.69 Å². The second-order valence-electron chi connectivity index (χ2n) is 4.86. The minimum atomic E-state index is -0.0585. The van der Waals surface area contributed by atoms with Gasteiger partial charge in [0, 0.05) is 22.3 Å². The number of carbonyl (C=O) groups is 1. The van der Waals surface area contributed by atoms with Crippen LogP contribution < -0.4 is 5.32 Å². The first-order valence-corrected chi connectivity index (χ1v) is 7.27. The first-order chi connectivity index (χ1) is 10.0. The molecule has 0 radical (unpaired) electrons. The van der Waals surface area contributed by atoms with E-state index in [1.165, 1.54) is 0 Å². The van der Waals surface area contributed by atoms with E-state index in [2.05, 4.69) is 5.32 Å². The molecule has 0 saturated carbocycles. The minimum Gasteiger partial charge on any atom is -0.325 e. The largest absolute Gasteiger partial charge is 0.325 e. The van der Waals surface area contributed by atoms with E-state index in [1.54, 1.807) is 6.07 Å². The molecule has 21 heavy (non-hydrogen) atoms. The molecular formula is C16H16Cl2N2O. The summed E-state index contributed by atoms with van der Waals surface area (Å²) in [6, 6.07) is 14.8. The number of anilines is 1. The van der Waals surface area contributed by atoms with Crippen LogP contribution in [-0.4, -0.2) is 24.4 Å². The third kappa shape index (κ3) is 5.38. The van der Waals surface area contributed by atoms with Crippen molar-refractivity contribution in [3.05, 3.63) is 64.1 Å². The van der Waals surface area contributed by atoms with Gasteiger partial charge in [-0.25, -0.2) is 0 Å². The maximum absolute atomic E-state index is 11.9.